The summed E-state index contributed by atoms with van der Waals surface area (Å²) in [5.74, 6) is -0.412. The molecule has 1 aromatic heterocycles. The number of pyridine rings is 1. The number of methoxy groups -OCH3 is 1. The molecule has 0 saturated carbocycles. The fraction of sp³-hybridized carbons (Fsp3) is 0.286. The Labute approximate surface area is 105 Å². The van der Waals surface area contributed by atoms with Crippen molar-refractivity contribution in [2.75, 3.05) is 7.11 Å². The number of nitrogens with zero attached hydrogens (tertiary/aromatic N) is 1. The van der Waals surface area contributed by atoms with Crippen LogP contribution in [0.3, 0.4) is 0 Å². The molecular formula is C14H15NO3. The summed E-state index contributed by atoms with van der Waals surface area (Å²) in [6.45, 7) is 0.799. The second-order valence-electron chi connectivity index (χ2n) is 4.08. The molecule has 0 fully saturated rings. The number of hydrogen-bond donors (Lipinski definition) is 0. The molecule has 0 bridgehead atoms. The van der Waals surface area contributed by atoms with Crippen LogP contribution in [0.1, 0.15) is 17.7 Å². The molecule has 0 aromatic carbocycles. The molecule has 4 heteroatoms. The van der Waals surface area contributed by atoms with Crippen LogP contribution in [0, 0.1) is 0 Å². The van der Waals surface area contributed by atoms with E-state index in [0.717, 1.165) is 25.1 Å². The Morgan fingerprint density at radius 3 is 3.00 bits per heavy atom. The van der Waals surface area contributed by atoms with Gasteiger partial charge in [0.1, 0.15) is 0 Å². The van der Waals surface area contributed by atoms with Gasteiger partial charge in [0.15, 0.2) is 0 Å². The molecule has 0 N–H and O–H groups in total. The van der Waals surface area contributed by atoms with Crippen molar-refractivity contribution in [2.24, 2.45) is 0 Å². The van der Waals surface area contributed by atoms with E-state index in [4.69, 9.17) is 0 Å². The maximum Gasteiger partial charge on any atom is 0.330 e. The van der Waals surface area contributed by atoms with E-state index >= 15 is 0 Å². The first-order chi connectivity index (χ1) is 8.72. The Morgan fingerprint density at radius 1 is 1.39 bits per heavy atom. The largest absolute Gasteiger partial charge is 0.466 e. The lowest BCUT2D eigenvalue weighted by atomic mass is 10.2. The number of allylic oxidation sites excluding steroid dienone is 2. The first-order valence-corrected chi connectivity index (χ1v) is 5.88. The predicted molar refractivity (Wildman–Crippen MR) is 69.2 cm³/mol. The number of ether oxygens (including phenoxy) is 1. The molecule has 1 aliphatic rings. The molecule has 0 radical (unpaired) electrons. The minimum atomic E-state index is -0.412. The van der Waals surface area contributed by atoms with Crippen molar-refractivity contribution in [3.63, 3.8) is 0 Å². The summed E-state index contributed by atoms with van der Waals surface area (Å²) in [6, 6.07) is 3.81. The van der Waals surface area contributed by atoms with Gasteiger partial charge in [-0.25, -0.2) is 4.79 Å². The highest BCUT2D eigenvalue weighted by Gasteiger charge is 2.12. The number of carbonyl (C=O) groups is 1. The molecule has 0 unspecified atom stereocenters. The number of fused-ring (bicyclic) bond motifs is 1. The van der Waals surface area contributed by atoms with Crippen molar-refractivity contribution < 1.29 is 9.53 Å². The van der Waals surface area contributed by atoms with Crippen molar-refractivity contribution in [3.8, 4) is 0 Å². The lowest BCUT2D eigenvalue weighted by molar-refractivity contribution is -0.134. The topological polar surface area (TPSA) is 48.3 Å². The highest BCUT2D eigenvalue weighted by molar-refractivity contribution is 5.82. The Hall–Kier alpha value is -2.10. The third kappa shape index (κ3) is 2.59. The summed E-state index contributed by atoms with van der Waals surface area (Å²) in [5, 5.41) is 0. The zero-order chi connectivity index (χ0) is 13.0. The molecule has 0 atom stereocenters. The summed E-state index contributed by atoms with van der Waals surface area (Å²) < 4.78 is 6.27. The smallest absolute Gasteiger partial charge is 0.330 e. The zero-order valence-electron chi connectivity index (χ0n) is 10.3. The Kier molecular flexibility index (Phi) is 3.77. The highest BCUT2D eigenvalue weighted by atomic mass is 16.5. The maximum atomic E-state index is 12.0. The van der Waals surface area contributed by atoms with E-state index in [9.17, 15) is 9.59 Å². The molecule has 1 aromatic rings. The Bertz CT molecular complexity index is 567. The van der Waals surface area contributed by atoms with Gasteiger partial charge in [0.25, 0.3) is 5.56 Å². The molecule has 94 valence electrons. The molecule has 2 rings (SSSR count). The van der Waals surface area contributed by atoms with E-state index in [1.54, 1.807) is 18.2 Å². The van der Waals surface area contributed by atoms with Crippen LogP contribution in [0.5, 0.6) is 0 Å². The minimum absolute atomic E-state index is 0.0349. The van der Waals surface area contributed by atoms with Crippen LogP contribution in [-0.4, -0.2) is 17.6 Å². The van der Waals surface area contributed by atoms with E-state index in [2.05, 4.69) is 4.74 Å². The average Bonchev–Trinajstić information content (AvgIpc) is 2.85. The number of rotatable bonds is 3. The van der Waals surface area contributed by atoms with Gasteiger partial charge in [-0.05, 0) is 31.1 Å². The number of aryl methyl sites for hydroxylation is 1. The minimum Gasteiger partial charge on any atom is -0.466 e. The number of esters is 1. The van der Waals surface area contributed by atoms with E-state index in [-0.39, 0.29) is 5.56 Å². The fourth-order valence-electron chi connectivity index (χ4n) is 2.00. The van der Waals surface area contributed by atoms with Crippen molar-refractivity contribution in [1.29, 1.82) is 0 Å². The van der Waals surface area contributed by atoms with Gasteiger partial charge in [0.2, 0.25) is 0 Å². The molecule has 1 aliphatic heterocycles. The summed E-state index contributed by atoms with van der Waals surface area (Å²) >= 11 is 0. The van der Waals surface area contributed by atoms with Gasteiger partial charge in [0.05, 0.1) is 7.11 Å². The van der Waals surface area contributed by atoms with Crippen LogP contribution < -0.4 is 5.56 Å². The summed E-state index contributed by atoms with van der Waals surface area (Å²) in [5.41, 5.74) is 1.77. The monoisotopic (exact) mass is 245 g/mol. The van der Waals surface area contributed by atoms with Gasteiger partial charge in [-0.2, -0.15) is 0 Å². The summed E-state index contributed by atoms with van der Waals surface area (Å²) in [6.07, 6.45) is 8.24. The van der Waals surface area contributed by atoms with Crippen molar-refractivity contribution in [2.45, 2.75) is 19.4 Å². The zero-order valence-corrected chi connectivity index (χ0v) is 10.3. The van der Waals surface area contributed by atoms with Crippen molar-refractivity contribution in [3.05, 3.63) is 52.0 Å². The van der Waals surface area contributed by atoms with Crippen LogP contribution in [-0.2, 0) is 22.5 Å². The van der Waals surface area contributed by atoms with Gasteiger partial charge in [-0.15, -0.1) is 0 Å². The van der Waals surface area contributed by atoms with Gasteiger partial charge in [-0.1, -0.05) is 12.2 Å². The standard InChI is InChI=1S/C14H15NO3/c1-18-13(16)7-3-2-5-11-8-9-12-6-4-10-15(12)14(11)17/h2-3,5,7-9H,4,6,10H2,1H3/b5-2+,7-3+. The van der Waals surface area contributed by atoms with Gasteiger partial charge >= 0.3 is 5.97 Å². The molecular weight excluding hydrogens is 230 g/mol. The van der Waals surface area contributed by atoms with Crippen LogP contribution in [0.4, 0.5) is 0 Å². The number of carbonyl (C=O) groups excluding carboxylic acids is 1. The molecule has 0 aliphatic carbocycles. The van der Waals surface area contributed by atoms with Crippen molar-refractivity contribution >= 4 is 12.0 Å². The Balaban J connectivity index is 2.16. The molecule has 2 heterocycles. The number of aromatic nitrogens is 1. The second-order valence-corrected chi connectivity index (χ2v) is 4.08. The van der Waals surface area contributed by atoms with Crippen LogP contribution >= 0.6 is 0 Å². The molecule has 0 spiro atoms. The Morgan fingerprint density at radius 2 is 2.22 bits per heavy atom. The first kappa shape index (κ1) is 12.4. The third-order valence-corrected chi connectivity index (χ3v) is 2.93. The van der Waals surface area contributed by atoms with Gasteiger partial charge in [0, 0.05) is 23.9 Å². The van der Waals surface area contributed by atoms with Crippen LogP contribution in [0.15, 0.2) is 35.2 Å². The van der Waals surface area contributed by atoms with E-state index < -0.39 is 5.97 Å². The van der Waals surface area contributed by atoms with E-state index in [1.807, 2.05) is 16.7 Å². The van der Waals surface area contributed by atoms with E-state index in [1.165, 1.54) is 13.2 Å². The van der Waals surface area contributed by atoms with E-state index in [0.29, 0.717) is 5.56 Å². The predicted octanol–water partition coefficient (Wildman–Crippen LogP) is 1.54. The lowest BCUT2D eigenvalue weighted by Crippen LogP contribution is -2.20. The van der Waals surface area contributed by atoms with Crippen LogP contribution in [0.25, 0.3) is 6.08 Å². The normalized spacial score (nSPS) is 14.3. The molecule has 0 saturated heterocycles. The molecule has 18 heavy (non-hydrogen) atoms. The second kappa shape index (κ2) is 5.49. The number of hydrogen-bond acceptors (Lipinski definition) is 3. The first-order valence-electron chi connectivity index (χ1n) is 5.88. The van der Waals surface area contributed by atoms with Crippen molar-refractivity contribution in [1.82, 2.24) is 4.57 Å². The quantitative estimate of drug-likeness (QED) is 0.461. The maximum absolute atomic E-state index is 12.0. The summed E-state index contributed by atoms with van der Waals surface area (Å²) in [4.78, 5) is 22.9. The summed E-state index contributed by atoms with van der Waals surface area (Å²) in [7, 11) is 1.32. The van der Waals surface area contributed by atoms with Crippen LogP contribution in [0.2, 0.25) is 0 Å². The SMILES string of the molecule is COC(=O)/C=C/C=C/c1ccc2n(c1=O)CCC2. The fourth-order valence-corrected chi connectivity index (χ4v) is 2.00. The van der Waals surface area contributed by atoms with Gasteiger partial charge in [-0.3, -0.25) is 4.79 Å². The molecule has 0 amide bonds. The molecule has 4 nitrogen and oxygen atoms in total. The third-order valence-electron chi connectivity index (χ3n) is 2.93. The lowest BCUT2D eigenvalue weighted by Gasteiger charge is -2.02. The highest BCUT2D eigenvalue weighted by Crippen LogP contribution is 2.12. The average molecular weight is 245 g/mol. The van der Waals surface area contributed by atoms with Gasteiger partial charge < -0.3 is 9.30 Å².